The lowest BCUT2D eigenvalue weighted by Crippen LogP contribution is -2.22. The lowest BCUT2D eigenvalue weighted by molar-refractivity contribution is -0.148. The van der Waals surface area contributed by atoms with Crippen LogP contribution in [0, 0.1) is 0 Å². The molecule has 1 amide bonds. The molecule has 0 atom stereocenters. The number of esters is 1. The summed E-state index contributed by atoms with van der Waals surface area (Å²) in [6.07, 6.45) is -0.0267. The van der Waals surface area contributed by atoms with E-state index in [-0.39, 0.29) is 31.1 Å². The number of amides is 1. The average Bonchev–Trinajstić information content (AvgIpc) is 2.52. The fourth-order valence-corrected chi connectivity index (χ4v) is 2.06. The lowest BCUT2D eigenvalue weighted by atomic mass is 10.2. The second-order valence-electron chi connectivity index (χ2n) is 5.13. The molecule has 0 radical (unpaired) electrons. The molecule has 0 aliphatic heterocycles. The molecule has 0 aromatic heterocycles. The molecule has 6 nitrogen and oxygen atoms in total. The number of rotatable bonds is 9. The van der Waals surface area contributed by atoms with Crippen LogP contribution in [0.3, 0.4) is 0 Å². The van der Waals surface area contributed by atoms with Crippen molar-refractivity contribution in [2.75, 3.05) is 29.9 Å². The minimum atomic E-state index is -0.549. The van der Waals surface area contributed by atoms with Crippen LogP contribution in [0.25, 0.3) is 0 Å². The predicted molar refractivity (Wildman–Crippen MR) is 89.5 cm³/mol. The molecule has 0 aliphatic rings. The first kappa shape index (κ1) is 18.7. The number of hydrogen-bond acceptors (Lipinski definition) is 5. The van der Waals surface area contributed by atoms with Crippen molar-refractivity contribution in [2.24, 2.45) is 0 Å². The van der Waals surface area contributed by atoms with Crippen LogP contribution >= 0.6 is 0 Å². The quantitative estimate of drug-likeness (QED) is 0.707. The molecule has 1 aromatic carbocycles. The van der Waals surface area contributed by atoms with Crippen LogP contribution < -0.4 is 10.2 Å². The predicted octanol–water partition coefficient (Wildman–Crippen LogP) is 2.38. The summed E-state index contributed by atoms with van der Waals surface area (Å²) in [4.78, 5) is 36.1. The summed E-state index contributed by atoms with van der Waals surface area (Å²) < 4.78 is 4.71. The highest BCUT2D eigenvalue weighted by atomic mass is 16.5. The molecule has 0 aliphatic carbocycles. The van der Waals surface area contributed by atoms with E-state index in [1.165, 1.54) is 6.92 Å². The van der Waals surface area contributed by atoms with Crippen LogP contribution in [0.5, 0.6) is 0 Å². The molecule has 1 rings (SSSR count). The molecular weight excluding hydrogens is 296 g/mol. The fourth-order valence-electron chi connectivity index (χ4n) is 2.06. The van der Waals surface area contributed by atoms with Gasteiger partial charge in [-0.1, -0.05) is 6.07 Å². The number of ether oxygens (including phenoxy) is 1. The van der Waals surface area contributed by atoms with Gasteiger partial charge in [-0.2, -0.15) is 0 Å². The SMILES string of the molecule is CCN(CC)c1cccc(NC(=O)CCC(=O)OCC(C)=O)c1. The molecule has 1 aromatic rings. The van der Waals surface area contributed by atoms with Crippen LogP contribution in [0.2, 0.25) is 0 Å². The summed E-state index contributed by atoms with van der Waals surface area (Å²) >= 11 is 0. The topological polar surface area (TPSA) is 75.7 Å². The minimum Gasteiger partial charge on any atom is -0.458 e. The van der Waals surface area contributed by atoms with Crippen LogP contribution in [-0.4, -0.2) is 37.4 Å². The lowest BCUT2D eigenvalue weighted by Gasteiger charge is -2.21. The summed E-state index contributed by atoms with van der Waals surface area (Å²) in [5.41, 5.74) is 1.73. The molecule has 0 unspecified atom stereocenters. The zero-order chi connectivity index (χ0) is 17.2. The van der Waals surface area contributed by atoms with Gasteiger partial charge in [0.05, 0.1) is 6.42 Å². The second kappa shape index (κ2) is 9.61. The number of Topliss-reactive ketones (excluding diaryl/α,β-unsaturated/α-hetero) is 1. The Kier molecular flexibility index (Phi) is 7.80. The van der Waals surface area contributed by atoms with Crippen LogP contribution in [0.15, 0.2) is 24.3 Å². The first-order chi connectivity index (χ1) is 11.0. The van der Waals surface area contributed by atoms with Crippen molar-refractivity contribution in [3.8, 4) is 0 Å². The van der Waals surface area contributed by atoms with Crippen molar-refractivity contribution < 1.29 is 19.1 Å². The number of anilines is 2. The van der Waals surface area contributed by atoms with E-state index in [0.717, 1.165) is 18.8 Å². The maximum atomic E-state index is 11.9. The van der Waals surface area contributed by atoms with Crippen LogP contribution in [0.1, 0.15) is 33.6 Å². The Morgan fingerprint density at radius 2 is 1.83 bits per heavy atom. The number of benzene rings is 1. The van der Waals surface area contributed by atoms with E-state index in [2.05, 4.69) is 24.1 Å². The third-order valence-corrected chi connectivity index (χ3v) is 3.25. The third kappa shape index (κ3) is 6.95. The third-order valence-electron chi connectivity index (χ3n) is 3.25. The molecule has 0 spiro atoms. The highest BCUT2D eigenvalue weighted by molar-refractivity contribution is 5.93. The Morgan fingerprint density at radius 1 is 1.13 bits per heavy atom. The highest BCUT2D eigenvalue weighted by Gasteiger charge is 2.10. The van der Waals surface area contributed by atoms with Gasteiger partial charge < -0.3 is 15.0 Å². The Hall–Kier alpha value is -2.37. The van der Waals surface area contributed by atoms with Gasteiger partial charge in [0.1, 0.15) is 6.61 Å². The number of nitrogens with one attached hydrogen (secondary N) is 1. The van der Waals surface area contributed by atoms with Crippen molar-refractivity contribution in [3.05, 3.63) is 24.3 Å². The second-order valence-corrected chi connectivity index (χ2v) is 5.13. The Morgan fingerprint density at radius 3 is 2.43 bits per heavy atom. The van der Waals surface area contributed by atoms with Crippen LogP contribution in [-0.2, 0) is 19.1 Å². The number of carbonyl (C=O) groups is 3. The summed E-state index contributed by atoms with van der Waals surface area (Å²) in [6, 6.07) is 7.57. The first-order valence-corrected chi connectivity index (χ1v) is 7.76. The molecule has 0 heterocycles. The van der Waals surface area contributed by atoms with Gasteiger partial charge in [-0.25, -0.2) is 0 Å². The number of hydrogen-bond donors (Lipinski definition) is 1. The molecule has 126 valence electrons. The van der Waals surface area contributed by atoms with Gasteiger partial charge in [0.25, 0.3) is 0 Å². The van der Waals surface area contributed by atoms with Gasteiger partial charge in [0, 0.05) is 30.9 Å². The molecule has 1 N–H and O–H groups in total. The van der Waals surface area contributed by atoms with Crippen molar-refractivity contribution in [2.45, 2.75) is 33.6 Å². The van der Waals surface area contributed by atoms with Crippen molar-refractivity contribution in [1.29, 1.82) is 0 Å². The van der Waals surface area contributed by atoms with E-state index in [0.29, 0.717) is 5.69 Å². The van der Waals surface area contributed by atoms with Crippen molar-refractivity contribution in [1.82, 2.24) is 0 Å². The normalized spacial score (nSPS) is 10.0. The molecule has 0 fully saturated rings. The molecule has 6 heteroatoms. The van der Waals surface area contributed by atoms with Crippen molar-refractivity contribution >= 4 is 29.0 Å². The largest absolute Gasteiger partial charge is 0.458 e. The maximum Gasteiger partial charge on any atom is 0.306 e. The van der Waals surface area contributed by atoms with E-state index >= 15 is 0 Å². The van der Waals surface area contributed by atoms with Gasteiger partial charge in [-0.05, 0) is 39.0 Å². The summed E-state index contributed by atoms with van der Waals surface area (Å²) in [7, 11) is 0. The van der Waals surface area contributed by atoms with E-state index in [9.17, 15) is 14.4 Å². The standard InChI is InChI=1S/C17H24N2O4/c1-4-19(5-2)15-8-6-7-14(11-15)18-16(21)9-10-17(22)23-12-13(3)20/h6-8,11H,4-5,9-10,12H2,1-3H3,(H,18,21). The van der Waals surface area contributed by atoms with Gasteiger partial charge >= 0.3 is 5.97 Å². The Labute approximate surface area is 136 Å². The molecule has 0 bridgehead atoms. The van der Waals surface area contributed by atoms with Gasteiger partial charge in [0.2, 0.25) is 5.91 Å². The highest BCUT2D eigenvalue weighted by Crippen LogP contribution is 2.19. The van der Waals surface area contributed by atoms with E-state index in [1.807, 2.05) is 18.2 Å². The van der Waals surface area contributed by atoms with E-state index < -0.39 is 5.97 Å². The molecule has 0 saturated heterocycles. The zero-order valence-corrected chi connectivity index (χ0v) is 13.9. The average molecular weight is 320 g/mol. The van der Waals surface area contributed by atoms with Gasteiger partial charge in [0.15, 0.2) is 5.78 Å². The number of ketones is 1. The maximum absolute atomic E-state index is 11.9. The fraction of sp³-hybridized carbons (Fsp3) is 0.471. The van der Waals surface area contributed by atoms with Crippen molar-refractivity contribution in [3.63, 3.8) is 0 Å². The van der Waals surface area contributed by atoms with Crippen LogP contribution in [0.4, 0.5) is 11.4 Å². The first-order valence-electron chi connectivity index (χ1n) is 7.76. The van der Waals surface area contributed by atoms with Gasteiger partial charge in [-0.3, -0.25) is 14.4 Å². The van der Waals surface area contributed by atoms with E-state index in [1.54, 1.807) is 6.07 Å². The Balaban J connectivity index is 2.49. The molecule has 23 heavy (non-hydrogen) atoms. The molecule has 0 saturated carbocycles. The minimum absolute atomic E-state index is 0.0201. The van der Waals surface area contributed by atoms with E-state index in [4.69, 9.17) is 4.74 Å². The summed E-state index contributed by atoms with van der Waals surface area (Å²) in [6.45, 7) is 7.00. The number of nitrogens with zero attached hydrogens (tertiary/aromatic N) is 1. The zero-order valence-electron chi connectivity index (χ0n) is 13.9. The number of carbonyl (C=O) groups excluding carboxylic acids is 3. The van der Waals surface area contributed by atoms with Gasteiger partial charge in [-0.15, -0.1) is 0 Å². The smallest absolute Gasteiger partial charge is 0.306 e. The summed E-state index contributed by atoms with van der Waals surface area (Å²) in [5.74, 6) is -1.04. The monoisotopic (exact) mass is 320 g/mol. The Bertz CT molecular complexity index is 553. The summed E-state index contributed by atoms with van der Waals surface area (Å²) in [5, 5.41) is 2.77. The molecular formula is C17H24N2O4.